The van der Waals surface area contributed by atoms with Gasteiger partial charge in [0.25, 0.3) is 0 Å². The minimum Gasteiger partial charge on any atom is -0.386 e. The number of nitrogens with zero attached hydrogens (tertiary/aromatic N) is 4. The lowest BCUT2D eigenvalue weighted by molar-refractivity contribution is 0.171. The Kier molecular flexibility index (Phi) is 4.42. The Labute approximate surface area is 121 Å². The van der Waals surface area contributed by atoms with E-state index < -0.39 is 6.10 Å². The van der Waals surface area contributed by atoms with Crippen LogP contribution < -0.4 is 0 Å². The third-order valence-corrected chi connectivity index (χ3v) is 4.06. The summed E-state index contributed by atoms with van der Waals surface area (Å²) in [5.41, 5.74) is 2.75. The van der Waals surface area contributed by atoms with Crippen LogP contribution >= 0.6 is 15.9 Å². The number of aliphatic hydroxyl groups is 1. The van der Waals surface area contributed by atoms with Crippen LogP contribution in [-0.4, -0.2) is 24.4 Å². The summed E-state index contributed by atoms with van der Waals surface area (Å²) in [6, 6.07) is 0. The lowest BCUT2D eigenvalue weighted by Crippen LogP contribution is -2.09. The molecule has 19 heavy (non-hydrogen) atoms. The quantitative estimate of drug-likeness (QED) is 0.916. The molecule has 0 radical (unpaired) electrons. The van der Waals surface area contributed by atoms with Crippen LogP contribution in [0.1, 0.15) is 37.0 Å². The summed E-state index contributed by atoms with van der Waals surface area (Å²) < 4.78 is 4.78. The van der Waals surface area contributed by atoms with E-state index in [-0.39, 0.29) is 0 Å². The average Bonchev–Trinajstić information content (AvgIpc) is 2.95. The van der Waals surface area contributed by atoms with Gasteiger partial charge in [0.1, 0.15) is 6.10 Å². The van der Waals surface area contributed by atoms with Gasteiger partial charge in [-0.2, -0.15) is 5.10 Å². The molecular formula is C13H19BrN4O. The van der Waals surface area contributed by atoms with E-state index in [1.165, 1.54) is 0 Å². The molecular weight excluding hydrogens is 308 g/mol. The molecule has 0 aromatic carbocycles. The van der Waals surface area contributed by atoms with Gasteiger partial charge in [-0.15, -0.1) is 0 Å². The van der Waals surface area contributed by atoms with Crippen molar-refractivity contribution in [1.29, 1.82) is 0 Å². The molecule has 2 heterocycles. The summed E-state index contributed by atoms with van der Waals surface area (Å²) in [6.45, 7) is 4.92. The summed E-state index contributed by atoms with van der Waals surface area (Å²) in [5.74, 6) is 0. The molecule has 0 aliphatic heterocycles. The number of aliphatic hydroxyl groups excluding tert-OH is 1. The number of hydrogen-bond donors (Lipinski definition) is 1. The molecule has 0 spiro atoms. The molecule has 0 aliphatic rings. The zero-order valence-corrected chi connectivity index (χ0v) is 13.1. The van der Waals surface area contributed by atoms with Crippen molar-refractivity contribution >= 4 is 15.9 Å². The Morgan fingerprint density at radius 3 is 2.68 bits per heavy atom. The molecule has 1 atom stereocenters. The van der Waals surface area contributed by atoms with E-state index >= 15 is 0 Å². The summed E-state index contributed by atoms with van der Waals surface area (Å²) in [6.07, 6.45) is 4.32. The molecule has 6 heteroatoms. The topological polar surface area (TPSA) is 55.9 Å². The second-order valence-electron chi connectivity index (χ2n) is 4.56. The predicted octanol–water partition coefficient (Wildman–Crippen LogP) is 2.24. The number of aryl methyl sites for hydroxylation is 3. The molecule has 0 bridgehead atoms. The van der Waals surface area contributed by atoms with Gasteiger partial charge in [0.05, 0.1) is 27.9 Å². The van der Waals surface area contributed by atoms with Gasteiger partial charge in [0.15, 0.2) is 0 Å². The maximum absolute atomic E-state index is 10.3. The smallest absolute Gasteiger partial charge is 0.103 e. The first-order chi connectivity index (χ1) is 9.06. The third-order valence-electron chi connectivity index (χ3n) is 3.15. The van der Waals surface area contributed by atoms with Crippen molar-refractivity contribution in [2.75, 3.05) is 0 Å². The molecule has 2 rings (SSSR count). The van der Waals surface area contributed by atoms with Crippen LogP contribution in [-0.2, 0) is 26.4 Å². The predicted molar refractivity (Wildman–Crippen MR) is 76.9 cm³/mol. The molecule has 2 aromatic heterocycles. The van der Waals surface area contributed by atoms with E-state index in [9.17, 15) is 5.11 Å². The van der Waals surface area contributed by atoms with E-state index in [2.05, 4.69) is 39.9 Å². The van der Waals surface area contributed by atoms with Crippen molar-refractivity contribution in [3.8, 4) is 0 Å². The Morgan fingerprint density at radius 1 is 1.42 bits per heavy atom. The number of hydrogen-bond acceptors (Lipinski definition) is 3. The van der Waals surface area contributed by atoms with Crippen LogP contribution in [0.5, 0.6) is 0 Å². The minimum absolute atomic E-state index is 0.512. The highest BCUT2D eigenvalue weighted by Crippen LogP contribution is 2.26. The van der Waals surface area contributed by atoms with Crippen LogP contribution in [0.3, 0.4) is 0 Å². The van der Waals surface area contributed by atoms with Gasteiger partial charge in [-0.1, -0.05) is 6.92 Å². The Bertz CT molecular complexity index is 561. The molecule has 0 fully saturated rings. The van der Waals surface area contributed by atoms with Gasteiger partial charge in [0, 0.05) is 26.2 Å². The summed E-state index contributed by atoms with van der Waals surface area (Å²) >= 11 is 3.59. The van der Waals surface area contributed by atoms with Crippen LogP contribution in [0.2, 0.25) is 0 Å². The monoisotopic (exact) mass is 326 g/mol. The van der Waals surface area contributed by atoms with E-state index in [1.807, 2.05) is 22.5 Å². The van der Waals surface area contributed by atoms with Gasteiger partial charge in [-0.3, -0.25) is 4.68 Å². The van der Waals surface area contributed by atoms with Crippen LogP contribution in [0.15, 0.2) is 17.0 Å². The molecule has 0 saturated heterocycles. The fraction of sp³-hybridized carbons (Fsp3) is 0.538. The van der Waals surface area contributed by atoms with Gasteiger partial charge >= 0.3 is 0 Å². The van der Waals surface area contributed by atoms with Crippen LogP contribution in [0.25, 0.3) is 0 Å². The SMILES string of the molecule is CCc1nn(CC)c(CC(O)c2cn(C)cn2)c1Br. The summed E-state index contributed by atoms with van der Waals surface area (Å²) in [4.78, 5) is 4.19. The highest BCUT2D eigenvalue weighted by molar-refractivity contribution is 9.10. The first-order valence-corrected chi connectivity index (χ1v) is 7.26. The molecule has 0 aliphatic carbocycles. The van der Waals surface area contributed by atoms with Crippen LogP contribution in [0, 0.1) is 0 Å². The maximum atomic E-state index is 10.3. The standard InChI is InChI=1S/C13H19BrN4O/c1-4-9-13(14)11(18(5-2)16-9)6-12(19)10-7-17(3)8-15-10/h7-8,12,19H,4-6H2,1-3H3. The number of imidazole rings is 1. The van der Waals surface area contributed by atoms with E-state index in [0.29, 0.717) is 12.1 Å². The van der Waals surface area contributed by atoms with Crippen molar-refractivity contribution in [3.63, 3.8) is 0 Å². The largest absolute Gasteiger partial charge is 0.386 e. The van der Waals surface area contributed by atoms with Gasteiger partial charge in [-0.05, 0) is 29.3 Å². The molecule has 5 nitrogen and oxygen atoms in total. The van der Waals surface area contributed by atoms with Crippen molar-refractivity contribution in [2.45, 2.75) is 39.3 Å². The normalized spacial score (nSPS) is 12.9. The fourth-order valence-electron chi connectivity index (χ4n) is 2.11. The van der Waals surface area contributed by atoms with E-state index in [4.69, 9.17) is 0 Å². The van der Waals surface area contributed by atoms with Gasteiger partial charge in [0.2, 0.25) is 0 Å². The third kappa shape index (κ3) is 2.90. The highest BCUT2D eigenvalue weighted by Gasteiger charge is 2.19. The van der Waals surface area contributed by atoms with E-state index in [1.54, 1.807) is 6.33 Å². The Morgan fingerprint density at radius 2 is 2.16 bits per heavy atom. The molecule has 1 N–H and O–H groups in total. The zero-order valence-electron chi connectivity index (χ0n) is 11.5. The molecule has 1 unspecified atom stereocenters. The molecule has 104 valence electrons. The molecule has 0 saturated carbocycles. The van der Waals surface area contributed by atoms with Gasteiger partial charge < -0.3 is 9.67 Å². The Balaban J connectivity index is 2.25. The van der Waals surface area contributed by atoms with Crippen molar-refractivity contribution < 1.29 is 5.11 Å². The zero-order chi connectivity index (χ0) is 14.0. The summed E-state index contributed by atoms with van der Waals surface area (Å²) in [5, 5.41) is 14.8. The minimum atomic E-state index is -0.607. The van der Waals surface area contributed by atoms with Crippen molar-refractivity contribution in [1.82, 2.24) is 19.3 Å². The second-order valence-corrected chi connectivity index (χ2v) is 5.35. The first kappa shape index (κ1) is 14.3. The van der Waals surface area contributed by atoms with Crippen LogP contribution in [0.4, 0.5) is 0 Å². The highest BCUT2D eigenvalue weighted by atomic mass is 79.9. The fourth-order valence-corrected chi connectivity index (χ4v) is 2.83. The Hall–Kier alpha value is -1.14. The molecule has 2 aromatic rings. The average molecular weight is 327 g/mol. The van der Waals surface area contributed by atoms with E-state index in [0.717, 1.165) is 28.8 Å². The number of aromatic nitrogens is 4. The second kappa shape index (κ2) is 5.88. The first-order valence-electron chi connectivity index (χ1n) is 6.46. The number of rotatable bonds is 5. The lowest BCUT2D eigenvalue weighted by atomic mass is 10.1. The summed E-state index contributed by atoms with van der Waals surface area (Å²) in [7, 11) is 1.89. The lowest BCUT2D eigenvalue weighted by Gasteiger charge is -2.10. The van der Waals surface area contributed by atoms with Crippen molar-refractivity contribution in [3.05, 3.63) is 34.1 Å². The molecule has 0 amide bonds. The van der Waals surface area contributed by atoms with Crippen molar-refractivity contribution in [2.24, 2.45) is 7.05 Å². The van der Waals surface area contributed by atoms with Gasteiger partial charge in [-0.25, -0.2) is 4.98 Å². The maximum Gasteiger partial charge on any atom is 0.103 e. The number of halogens is 1.